The lowest BCUT2D eigenvalue weighted by molar-refractivity contribution is 0.0736. The number of halogens is 1. The van der Waals surface area contributed by atoms with Gasteiger partial charge in [0.25, 0.3) is 5.91 Å². The van der Waals surface area contributed by atoms with Crippen molar-refractivity contribution in [2.45, 2.75) is 34.1 Å². The van der Waals surface area contributed by atoms with Gasteiger partial charge in [-0.15, -0.1) is 0 Å². The van der Waals surface area contributed by atoms with Gasteiger partial charge in [0.05, 0.1) is 5.56 Å². The highest BCUT2D eigenvalue weighted by Gasteiger charge is 2.19. The van der Waals surface area contributed by atoms with Gasteiger partial charge in [-0.2, -0.15) is 0 Å². The number of carbonyl (C=O) groups is 1. The maximum atomic E-state index is 13.8. The summed E-state index contributed by atoms with van der Waals surface area (Å²) in [5.41, 5.74) is 1.000. The second-order valence-electron chi connectivity index (χ2n) is 4.84. The third kappa shape index (κ3) is 3.56. The van der Waals surface area contributed by atoms with E-state index in [9.17, 15) is 9.18 Å². The average Bonchev–Trinajstić information content (AvgIpc) is 2.34. The number of hydrogen-bond acceptors (Lipinski definition) is 1. The summed E-state index contributed by atoms with van der Waals surface area (Å²) in [5.74, 6) is -0.208. The molecule has 0 aliphatic rings. The van der Waals surface area contributed by atoms with Crippen molar-refractivity contribution in [3.05, 3.63) is 35.1 Å². The zero-order valence-electron chi connectivity index (χ0n) is 11.7. The summed E-state index contributed by atoms with van der Waals surface area (Å²) in [7, 11) is 0. The van der Waals surface area contributed by atoms with E-state index in [-0.39, 0.29) is 11.5 Å². The summed E-state index contributed by atoms with van der Waals surface area (Å²) in [6, 6.07) is 4.75. The van der Waals surface area contributed by atoms with E-state index in [0.717, 1.165) is 12.0 Å². The lowest BCUT2D eigenvalue weighted by Crippen LogP contribution is -2.35. The minimum atomic E-state index is -0.428. The molecular weight excluding hydrogens is 229 g/mol. The normalized spacial score (nSPS) is 12.3. The SMILES string of the molecule is CCC(C)CN(CC)C(=O)c1ccc(C)cc1F. The molecule has 1 unspecified atom stereocenters. The first-order valence-electron chi connectivity index (χ1n) is 6.55. The van der Waals surface area contributed by atoms with Crippen LogP contribution in [-0.4, -0.2) is 23.9 Å². The molecule has 1 rings (SSSR count). The number of aryl methyl sites for hydroxylation is 1. The van der Waals surface area contributed by atoms with Crippen molar-refractivity contribution in [1.29, 1.82) is 0 Å². The molecule has 0 bridgehead atoms. The Bertz CT molecular complexity index is 417. The number of nitrogens with zero attached hydrogens (tertiary/aromatic N) is 1. The van der Waals surface area contributed by atoms with Crippen molar-refractivity contribution < 1.29 is 9.18 Å². The van der Waals surface area contributed by atoms with Crippen LogP contribution >= 0.6 is 0 Å². The highest BCUT2D eigenvalue weighted by atomic mass is 19.1. The monoisotopic (exact) mass is 251 g/mol. The van der Waals surface area contributed by atoms with Crippen molar-refractivity contribution in [2.24, 2.45) is 5.92 Å². The van der Waals surface area contributed by atoms with Gasteiger partial charge in [-0.25, -0.2) is 4.39 Å². The Kier molecular flexibility index (Phi) is 5.32. The first-order chi connectivity index (χ1) is 8.49. The fourth-order valence-corrected chi connectivity index (χ4v) is 1.82. The second-order valence-corrected chi connectivity index (χ2v) is 4.84. The Hall–Kier alpha value is -1.38. The van der Waals surface area contributed by atoms with Crippen LogP contribution in [0.5, 0.6) is 0 Å². The van der Waals surface area contributed by atoms with Crippen LogP contribution in [0.1, 0.15) is 43.1 Å². The topological polar surface area (TPSA) is 20.3 Å². The number of carbonyl (C=O) groups excluding carboxylic acids is 1. The second kappa shape index (κ2) is 6.53. The largest absolute Gasteiger partial charge is 0.339 e. The van der Waals surface area contributed by atoms with E-state index in [1.54, 1.807) is 17.0 Å². The zero-order chi connectivity index (χ0) is 13.7. The Morgan fingerprint density at radius 1 is 1.39 bits per heavy atom. The molecule has 0 radical (unpaired) electrons. The van der Waals surface area contributed by atoms with E-state index in [1.165, 1.54) is 6.07 Å². The smallest absolute Gasteiger partial charge is 0.256 e. The maximum Gasteiger partial charge on any atom is 0.256 e. The summed E-state index contributed by atoms with van der Waals surface area (Å²) < 4.78 is 13.8. The van der Waals surface area contributed by atoms with Gasteiger partial charge < -0.3 is 4.90 Å². The van der Waals surface area contributed by atoms with Gasteiger partial charge in [-0.1, -0.05) is 26.3 Å². The molecule has 1 aromatic carbocycles. The number of hydrogen-bond donors (Lipinski definition) is 0. The first-order valence-corrected chi connectivity index (χ1v) is 6.55. The molecule has 0 saturated heterocycles. The number of benzene rings is 1. The van der Waals surface area contributed by atoms with Gasteiger partial charge in [-0.3, -0.25) is 4.79 Å². The molecule has 0 fully saturated rings. The van der Waals surface area contributed by atoms with Crippen LogP contribution in [0.4, 0.5) is 4.39 Å². The summed E-state index contributed by atoms with van der Waals surface area (Å²) in [6.07, 6.45) is 1.01. The Morgan fingerprint density at radius 3 is 2.56 bits per heavy atom. The van der Waals surface area contributed by atoms with Crippen molar-refractivity contribution >= 4 is 5.91 Å². The lowest BCUT2D eigenvalue weighted by Gasteiger charge is -2.24. The predicted molar refractivity (Wildman–Crippen MR) is 72.2 cm³/mol. The molecule has 1 atom stereocenters. The molecule has 0 aliphatic heterocycles. The zero-order valence-corrected chi connectivity index (χ0v) is 11.7. The minimum Gasteiger partial charge on any atom is -0.339 e. The van der Waals surface area contributed by atoms with Crippen LogP contribution in [0, 0.1) is 18.7 Å². The van der Waals surface area contributed by atoms with Gasteiger partial charge in [0.15, 0.2) is 0 Å². The number of amides is 1. The molecule has 3 heteroatoms. The van der Waals surface area contributed by atoms with E-state index in [0.29, 0.717) is 19.0 Å². The molecule has 1 amide bonds. The van der Waals surface area contributed by atoms with Gasteiger partial charge in [-0.05, 0) is 37.5 Å². The standard InChI is InChI=1S/C15H22FNO/c1-5-11(3)10-17(6-2)15(18)13-8-7-12(4)9-14(13)16/h7-9,11H,5-6,10H2,1-4H3. The fraction of sp³-hybridized carbons (Fsp3) is 0.533. The molecule has 0 spiro atoms. The fourth-order valence-electron chi connectivity index (χ4n) is 1.82. The first kappa shape index (κ1) is 14.7. The van der Waals surface area contributed by atoms with Gasteiger partial charge in [0.2, 0.25) is 0 Å². The van der Waals surface area contributed by atoms with Crippen molar-refractivity contribution in [3.8, 4) is 0 Å². The Labute approximate surface area is 109 Å². The lowest BCUT2D eigenvalue weighted by atomic mass is 10.1. The summed E-state index contributed by atoms with van der Waals surface area (Å²) in [6.45, 7) is 9.22. The molecule has 2 nitrogen and oxygen atoms in total. The van der Waals surface area contributed by atoms with Crippen LogP contribution < -0.4 is 0 Å². The Morgan fingerprint density at radius 2 is 2.06 bits per heavy atom. The molecule has 1 aromatic rings. The predicted octanol–water partition coefficient (Wildman–Crippen LogP) is 3.64. The van der Waals surface area contributed by atoms with Crippen LogP contribution in [-0.2, 0) is 0 Å². The van der Waals surface area contributed by atoms with Crippen molar-refractivity contribution in [2.75, 3.05) is 13.1 Å². The summed E-state index contributed by atoms with van der Waals surface area (Å²) in [5, 5.41) is 0. The summed E-state index contributed by atoms with van der Waals surface area (Å²) >= 11 is 0. The summed E-state index contributed by atoms with van der Waals surface area (Å²) in [4.78, 5) is 14.0. The van der Waals surface area contributed by atoms with Crippen molar-refractivity contribution in [1.82, 2.24) is 4.90 Å². The van der Waals surface area contributed by atoms with Crippen LogP contribution in [0.15, 0.2) is 18.2 Å². The van der Waals surface area contributed by atoms with Gasteiger partial charge >= 0.3 is 0 Å². The van der Waals surface area contributed by atoms with E-state index < -0.39 is 5.82 Å². The minimum absolute atomic E-state index is 0.172. The van der Waals surface area contributed by atoms with E-state index >= 15 is 0 Å². The molecular formula is C15H22FNO. The van der Waals surface area contributed by atoms with Crippen LogP contribution in [0.25, 0.3) is 0 Å². The highest BCUT2D eigenvalue weighted by molar-refractivity contribution is 5.94. The number of rotatable bonds is 5. The molecule has 18 heavy (non-hydrogen) atoms. The average molecular weight is 251 g/mol. The van der Waals surface area contributed by atoms with E-state index in [1.807, 2.05) is 13.8 Å². The Balaban J connectivity index is 2.89. The van der Waals surface area contributed by atoms with Crippen LogP contribution in [0.3, 0.4) is 0 Å². The molecule has 0 aromatic heterocycles. The quantitative estimate of drug-likeness (QED) is 0.782. The van der Waals surface area contributed by atoms with Crippen molar-refractivity contribution in [3.63, 3.8) is 0 Å². The van der Waals surface area contributed by atoms with E-state index in [4.69, 9.17) is 0 Å². The molecule has 0 N–H and O–H groups in total. The highest BCUT2D eigenvalue weighted by Crippen LogP contribution is 2.14. The third-order valence-electron chi connectivity index (χ3n) is 3.25. The molecule has 100 valence electrons. The third-order valence-corrected chi connectivity index (χ3v) is 3.25. The van der Waals surface area contributed by atoms with Crippen LogP contribution in [0.2, 0.25) is 0 Å². The molecule has 0 saturated carbocycles. The van der Waals surface area contributed by atoms with Gasteiger partial charge in [0, 0.05) is 13.1 Å². The molecule has 0 aliphatic carbocycles. The molecule has 0 heterocycles. The van der Waals surface area contributed by atoms with Gasteiger partial charge in [0.1, 0.15) is 5.82 Å². The van der Waals surface area contributed by atoms with E-state index in [2.05, 4.69) is 13.8 Å². The maximum absolute atomic E-state index is 13.8.